The van der Waals surface area contributed by atoms with E-state index in [0.29, 0.717) is 11.5 Å². The van der Waals surface area contributed by atoms with Gasteiger partial charge in [0.25, 0.3) is 5.91 Å². The molecule has 0 spiro atoms. The van der Waals surface area contributed by atoms with Gasteiger partial charge in [-0.3, -0.25) is 4.79 Å². The number of carbonyl (C=O) groups is 1. The lowest BCUT2D eigenvalue weighted by Crippen LogP contribution is -2.49. The van der Waals surface area contributed by atoms with Crippen molar-refractivity contribution in [2.75, 3.05) is 0 Å². The van der Waals surface area contributed by atoms with Crippen molar-refractivity contribution in [3.63, 3.8) is 0 Å². The molecule has 0 bridgehead atoms. The van der Waals surface area contributed by atoms with E-state index in [9.17, 15) is 18.0 Å². The summed E-state index contributed by atoms with van der Waals surface area (Å²) in [6.07, 6.45) is 1.93. The SMILES string of the molecule is CC1(NC(CC2CC2)c2cc3c(c(C(F)(F)F)c2)CNC3=O)CCC1. The van der Waals surface area contributed by atoms with Gasteiger partial charge in [0.2, 0.25) is 0 Å². The number of hydrogen-bond donors (Lipinski definition) is 2. The van der Waals surface area contributed by atoms with Crippen molar-refractivity contribution < 1.29 is 18.0 Å². The quantitative estimate of drug-likeness (QED) is 0.828. The number of rotatable bonds is 5. The van der Waals surface area contributed by atoms with Crippen LogP contribution in [0.5, 0.6) is 0 Å². The lowest BCUT2D eigenvalue weighted by Gasteiger charge is -2.43. The van der Waals surface area contributed by atoms with Crippen molar-refractivity contribution in [2.45, 2.75) is 69.8 Å². The van der Waals surface area contributed by atoms with E-state index in [4.69, 9.17) is 0 Å². The molecule has 0 radical (unpaired) electrons. The molecule has 2 fully saturated rings. The zero-order chi connectivity index (χ0) is 17.8. The van der Waals surface area contributed by atoms with E-state index in [1.807, 2.05) is 0 Å². The van der Waals surface area contributed by atoms with Gasteiger partial charge < -0.3 is 10.6 Å². The molecule has 1 amide bonds. The van der Waals surface area contributed by atoms with Crippen LogP contribution in [0.15, 0.2) is 12.1 Å². The first-order chi connectivity index (χ1) is 11.8. The van der Waals surface area contributed by atoms with Crippen LogP contribution in [-0.4, -0.2) is 11.4 Å². The van der Waals surface area contributed by atoms with Gasteiger partial charge in [-0.15, -0.1) is 0 Å². The number of alkyl halides is 3. The Morgan fingerprint density at radius 2 is 2.04 bits per heavy atom. The van der Waals surface area contributed by atoms with Gasteiger partial charge in [0, 0.05) is 23.7 Å². The van der Waals surface area contributed by atoms with Gasteiger partial charge in [-0.2, -0.15) is 13.2 Å². The van der Waals surface area contributed by atoms with Gasteiger partial charge in [0.15, 0.2) is 0 Å². The maximum Gasteiger partial charge on any atom is 0.416 e. The largest absolute Gasteiger partial charge is 0.416 e. The molecule has 4 rings (SSSR count). The summed E-state index contributed by atoms with van der Waals surface area (Å²) in [6, 6.07) is 2.81. The van der Waals surface area contributed by atoms with Gasteiger partial charge in [-0.25, -0.2) is 0 Å². The van der Waals surface area contributed by atoms with E-state index in [2.05, 4.69) is 17.6 Å². The van der Waals surface area contributed by atoms with Crippen molar-refractivity contribution >= 4 is 5.91 Å². The number of benzene rings is 1. The van der Waals surface area contributed by atoms with Crippen LogP contribution in [0.3, 0.4) is 0 Å². The van der Waals surface area contributed by atoms with Crippen LogP contribution in [-0.2, 0) is 12.7 Å². The highest BCUT2D eigenvalue weighted by molar-refractivity contribution is 5.99. The molecule has 1 unspecified atom stereocenters. The minimum absolute atomic E-state index is 0.000768. The van der Waals surface area contributed by atoms with Crippen molar-refractivity contribution in [2.24, 2.45) is 5.92 Å². The monoisotopic (exact) mass is 352 g/mol. The van der Waals surface area contributed by atoms with Gasteiger partial charge in [0.05, 0.1) is 5.56 Å². The van der Waals surface area contributed by atoms with Crippen LogP contribution in [0.2, 0.25) is 0 Å². The average molecular weight is 352 g/mol. The normalized spacial score (nSPS) is 23.0. The van der Waals surface area contributed by atoms with Crippen molar-refractivity contribution in [3.8, 4) is 0 Å². The lowest BCUT2D eigenvalue weighted by atomic mass is 9.77. The number of halogens is 3. The summed E-state index contributed by atoms with van der Waals surface area (Å²) in [5, 5.41) is 6.13. The molecule has 2 N–H and O–H groups in total. The zero-order valence-electron chi connectivity index (χ0n) is 14.3. The average Bonchev–Trinajstić information content (AvgIpc) is 3.25. The third-order valence-corrected chi connectivity index (χ3v) is 5.90. The van der Waals surface area contributed by atoms with Crippen molar-refractivity contribution in [1.82, 2.24) is 10.6 Å². The fourth-order valence-corrected chi connectivity index (χ4v) is 4.04. The summed E-state index contributed by atoms with van der Waals surface area (Å²) in [5.74, 6) is 0.181. The Morgan fingerprint density at radius 3 is 2.60 bits per heavy atom. The van der Waals surface area contributed by atoms with E-state index < -0.39 is 17.6 Å². The van der Waals surface area contributed by atoms with Crippen LogP contribution >= 0.6 is 0 Å². The Bertz CT molecular complexity index is 705. The molecule has 1 atom stereocenters. The number of hydrogen-bond acceptors (Lipinski definition) is 2. The Kier molecular flexibility index (Phi) is 3.87. The second-order valence-electron chi connectivity index (χ2n) is 8.07. The molecule has 1 aromatic rings. The molecule has 25 heavy (non-hydrogen) atoms. The molecular formula is C19H23F3N2O. The van der Waals surface area contributed by atoms with Crippen molar-refractivity contribution in [3.05, 3.63) is 34.4 Å². The highest BCUT2D eigenvalue weighted by Gasteiger charge is 2.40. The van der Waals surface area contributed by atoms with Crippen LogP contribution in [0, 0.1) is 5.92 Å². The maximum absolute atomic E-state index is 13.5. The van der Waals surface area contributed by atoms with Gasteiger partial charge >= 0.3 is 6.18 Å². The molecule has 2 aliphatic carbocycles. The Labute approximate surface area is 145 Å². The summed E-state index contributed by atoms with van der Waals surface area (Å²) in [7, 11) is 0. The minimum Gasteiger partial charge on any atom is -0.348 e. The van der Waals surface area contributed by atoms with Crippen LogP contribution in [0.1, 0.15) is 78.5 Å². The highest BCUT2D eigenvalue weighted by atomic mass is 19.4. The number of fused-ring (bicyclic) bond motifs is 1. The van der Waals surface area contributed by atoms with Gasteiger partial charge in [-0.1, -0.05) is 12.8 Å². The molecule has 1 aliphatic heterocycles. The standard InChI is InChI=1S/C19H23F3N2O/c1-18(5-2-6-18)24-16(7-11-3-4-11)12-8-13-14(10-23-17(13)25)15(9-12)19(20,21)22/h8-9,11,16,24H,2-7,10H2,1H3,(H,23,25). The summed E-state index contributed by atoms with van der Waals surface area (Å²) in [5.41, 5.74) is 0.203. The summed E-state index contributed by atoms with van der Waals surface area (Å²) >= 11 is 0. The first-order valence-corrected chi connectivity index (χ1v) is 9.05. The first kappa shape index (κ1) is 16.9. The molecule has 3 nitrogen and oxygen atoms in total. The molecular weight excluding hydrogens is 329 g/mol. The number of nitrogens with one attached hydrogen (secondary N) is 2. The molecule has 3 aliphatic rings. The Morgan fingerprint density at radius 1 is 1.32 bits per heavy atom. The number of carbonyl (C=O) groups excluding carboxylic acids is 1. The molecule has 1 aromatic carbocycles. The van der Waals surface area contributed by atoms with Crippen molar-refractivity contribution in [1.29, 1.82) is 0 Å². The predicted molar refractivity (Wildman–Crippen MR) is 88.1 cm³/mol. The summed E-state index contributed by atoms with van der Waals surface area (Å²) in [6.45, 7) is 2.10. The van der Waals surface area contributed by atoms with Gasteiger partial charge in [0.1, 0.15) is 0 Å². The minimum atomic E-state index is -4.45. The topological polar surface area (TPSA) is 41.1 Å². The van der Waals surface area contributed by atoms with E-state index in [0.717, 1.165) is 38.5 Å². The second-order valence-corrected chi connectivity index (χ2v) is 8.07. The van der Waals surface area contributed by atoms with E-state index in [1.54, 1.807) is 6.07 Å². The smallest absolute Gasteiger partial charge is 0.348 e. The molecule has 6 heteroatoms. The van der Waals surface area contributed by atoms with Crippen LogP contribution < -0.4 is 10.6 Å². The fourth-order valence-electron chi connectivity index (χ4n) is 4.04. The fraction of sp³-hybridized carbons (Fsp3) is 0.632. The van der Waals surface area contributed by atoms with Crippen LogP contribution in [0.4, 0.5) is 13.2 Å². The molecule has 0 saturated heterocycles. The highest BCUT2D eigenvalue weighted by Crippen LogP contribution is 2.43. The Balaban J connectivity index is 1.73. The molecule has 136 valence electrons. The van der Waals surface area contributed by atoms with Gasteiger partial charge in [-0.05, 0) is 61.8 Å². The summed E-state index contributed by atoms with van der Waals surface area (Å²) < 4.78 is 40.6. The molecule has 1 heterocycles. The molecule has 0 aromatic heterocycles. The van der Waals surface area contributed by atoms with Crippen LogP contribution in [0.25, 0.3) is 0 Å². The third kappa shape index (κ3) is 3.28. The third-order valence-electron chi connectivity index (χ3n) is 5.90. The first-order valence-electron chi connectivity index (χ1n) is 9.05. The maximum atomic E-state index is 13.5. The number of amides is 1. The summed E-state index contributed by atoms with van der Waals surface area (Å²) in [4.78, 5) is 12.0. The molecule has 2 saturated carbocycles. The second kappa shape index (κ2) is 5.73. The Hall–Kier alpha value is -1.56. The zero-order valence-corrected chi connectivity index (χ0v) is 14.3. The van der Waals surface area contributed by atoms with E-state index >= 15 is 0 Å². The van der Waals surface area contributed by atoms with E-state index in [-0.39, 0.29) is 29.3 Å². The lowest BCUT2D eigenvalue weighted by molar-refractivity contribution is -0.138. The van der Waals surface area contributed by atoms with E-state index in [1.165, 1.54) is 6.07 Å². The predicted octanol–water partition coefficient (Wildman–Crippen LogP) is 4.32.